The van der Waals surface area contributed by atoms with Crippen LogP contribution in [0, 0.1) is 5.92 Å². The topological polar surface area (TPSA) is 287 Å². The molecule has 0 saturated heterocycles. The molecular formula is C64H96BrN11O2. The van der Waals surface area contributed by atoms with Crippen LogP contribution < -0.4 is 61.8 Å². The third-order valence-electron chi connectivity index (χ3n) is 20.1. The number of nitrogens with two attached hydrogens (primary N) is 9. The van der Waals surface area contributed by atoms with Crippen molar-refractivity contribution in [2.45, 2.75) is 226 Å². The molecule has 1 amide bonds. The van der Waals surface area contributed by atoms with Crippen LogP contribution in [0.2, 0.25) is 0 Å². The Kier molecular flexibility index (Phi) is 17.7. The van der Waals surface area contributed by atoms with Gasteiger partial charge >= 0.3 is 0 Å². The molecule has 13 nitrogen and oxygen atoms in total. The quantitative estimate of drug-likeness (QED) is 0.0500. The van der Waals surface area contributed by atoms with Gasteiger partial charge in [-0.1, -0.05) is 142 Å². The molecule has 0 heterocycles. The first kappa shape index (κ1) is 58.7. The average Bonchev–Trinajstić information content (AvgIpc) is 4.14. The summed E-state index contributed by atoms with van der Waals surface area (Å²) in [5, 5.41) is 17.2. The van der Waals surface area contributed by atoms with Crippen molar-refractivity contribution in [1.82, 2.24) is 0 Å². The van der Waals surface area contributed by atoms with Gasteiger partial charge < -0.3 is 66.9 Å². The first-order valence-electron chi connectivity index (χ1n) is 30.2. The van der Waals surface area contributed by atoms with E-state index in [9.17, 15) is 9.90 Å². The number of benzene rings is 4. The van der Waals surface area contributed by atoms with Crippen molar-refractivity contribution in [3.05, 3.63) is 121 Å². The Bertz CT molecular complexity index is 2740. The predicted octanol–water partition coefficient (Wildman–Crippen LogP) is 10.9. The van der Waals surface area contributed by atoms with E-state index in [0.29, 0.717) is 92.1 Å². The van der Waals surface area contributed by atoms with Crippen LogP contribution in [0.5, 0.6) is 5.75 Å². The van der Waals surface area contributed by atoms with E-state index in [0.717, 1.165) is 141 Å². The number of phenols is 1. The fraction of sp³-hybridized carbons (Fsp3) is 0.609. The molecule has 0 spiro atoms. The van der Waals surface area contributed by atoms with Crippen LogP contribution in [-0.4, -0.2) is 29.6 Å². The highest BCUT2D eigenvalue weighted by Crippen LogP contribution is 2.64. The lowest BCUT2D eigenvalue weighted by Crippen LogP contribution is -2.67. The maximum Gasteiger partial charge on any atom is 0.221 e. The summed E-state index contributed by atoms with van der Waals surface area (Å²) < 4.78 is 0.728. The number of nitrogens with zero attached hydrogens (tertiary/aromatic N) is 1. The highest BCUT2D eigenvalue weighted by Gasteiger charge is 2.62. The molecule has 0 radical (unpaired) electrons. The van der Waals surface area contributed by atoms with Gasteiger partial charge in [-0.2, -0.15) is 0 Å². The lowest BCUT2D eigenvalue weighted by molar-refractivity contribution is -0.114. The molecule has 5 fully saturated rings. The van der Waals surface area contributed by atoms with E-state index in [2.05, 4.69) is 70.3 Å². The number of carbonyl (C=O) groups is 1. The number of rotatable bonds is 16. The minimum atomic E-state index is -1.66. The summed E-state index contributed by atoms with van der Waals surface area (Å²) in [7, 11) is 0. The second-order valence-electron chi connectivity index (χ2n) is 25.1. The SMILES string of the molecule is CCN(CC)c1ccc(C(N)C(N)c2cccc(Br)c2C(N)(c2c(C3(N)CC3)c(O)c(C3(N)CCC3)c(C3(N)CCCCC3)c2C2(N)CCCCCCC2C(N)c2ccccc2NC(C)=O)C2(N)CCCCCCCC2)cc1. The number of halogens is 1. The Morgan fingerprint density at radius 2 is 1.14 bits per heavy atom. The van der Waals surface area contributed by atoms with Gasteiger partial charge in [0.05, 0.1) is 5.54 Å². The van der Waals surface area contributed by atoms with Crippen LogP contribution in [-0.2, 0) is 32.5 Å². The number of amides is 1. The molecule has 5 saturated carbocycles. The molecule has 6 atom stereocenters. The van der Waals surface area contributed by atoms with Crippen molar-refractivity contribution < 1.29 is 9.90 Å². The number of hydrogen-bond donors (Lipinski definition) is 11. The van der Waals surface area contributed by atoms with Gasteiger partial charge in [-0.25, -0.2) is 0 Å². The molecule has 14 heteroatoms. The Morgan fingerprint density at radius 3 is 1.73 bits per heavy atom. The molecule has 4 aromatic carbocycles. The zero-order chi connectivity index (χ0) is 55.8. The van der Waals surface area contributed by atoms with Gasteiger partial charge in [0.25, 0.3) is 0 Å². The molecule has 9 rings (SSSR count). The molecule has 20 N–H and O–H groups in total. The molecule has 78 heavy (non-hydrogen) atoms. The largest absolute Gasteiger partial charge is 0.507 e. The van der Waals surface area contributed by atoms with E-state index in [1.807, 2.05) is 36.4 Å². The van der Waals surface area contributed by atoms with Crippen LogP contribution in [0.15, 0.2) is 71.2 Å². The van der Waals surface area contributed by atoms with Crippen LogP contribution >= 0.6 is 15.9 Å². The molecule has 426 valence electrons. The van der Waals surface area contributed by atoms with Gasteiger partial charge in [0.2, 0.25) is 5.91 Å². The summed E-state index contributed by atoms with van der Waals surface area (Å²) >= 11 is 4.21. The van der Waals surface area contributed by atoms with Crippen molar-refractivity contribution in [1.29, 1.82) is 0 Å². The monoisotopic (exact) mass is 1130 g/mol. The van der Waals surface area contributed by atoms with Crippen molar-refractivity contribution in [3.63, 3.8) is 0 Å². The maximum atomic E-state index is 14.1. The van der Waals surface area contributed by atoms with Gasteiger partial charge in [-0.3, -0.25) is 4.79 Å². The lowest BCUT2D eigenvalue weighted by atomic mass is 9.53. The number of phenolic OH excluding ortho intramolecular Hbond substituents is 1. The number of nitrogens with one attached hydrogen (secondary N) is 1. The summed E-state index contributed by atoms with van der Waals surface area (Å²) in [5.41, 5.74) is 75.2. The van der Waals surface area contributed by atoms with E-state index in [4.69, 9.17) is 51.6 Å². The maximum absolute atomic E-state index is 14.1. The van der Waals surface area contributed by atoms with Crippen molar-refractivity contribution in [3.8, 4) is 5.75 Å². The Morgan fingerprint density at radius 1 is 0.615 bits per heavy atom. The third kappa shape index (κ3) is 10.7. The predicted molar refractivity (Wildman–Crippen MR) is 323 cm³/mol. The molecule has 0 aliphatic heterocycles. The number of aromatic hydroxyl groups is 1. The summed E-state index contributed by atoms with van der Waals surface area (Å²) in [6.45, 7) is 7.61. The van der Waals surface area contributed by atoms with Crippen LogP contribution in [0.1, 0.15) is 243 Å². The number of anilines is 2. The standard InChI is InChI=1S/C64H96BrN11O2/c1-4-76(5-2)43-30-28-42(29-31-43)55(66)57(68)45-24-21-26-47(65)49(45)64(74,62(72)36-18-9-6-7-10-19-37-62)52-51(63(73)38-20-11-8-13-25-46(63)56(67)44-23-14-15-27-48(44)75-41(3)77)50(59(69)32-16-12-17-33-59)53(60(70)34-22-35-60)58(78)54(52)61(71)39-40-61/h14-15,21,23-24,26-31,46,55-57,78H,4-13,16-20,22,25,32-40,66-74H2,1-3H3,(H,75,77). The molecule has 0 bridgehead atoms. The molecule has 4 aromatic rings. The normalized spacial score (nSPS) is 25.0. The second-order valence-corrected chi connectivity index (χ2v) is 26.0. The van der Waals surface area contributed by atoms with E-state index >= 15 is 0 Å². The van der Waals surface area contributed by atoms with Crippen molar-refractivity contribution >= 4 is 33.2 Å². The van der Waals surface area contributed by atoms with Gasteiger partial charge in [-0.05, 0) is 148 Å². The van der Waals surface area contributed by atoms with Crippen molar-refractivity contribution in [2.24, 2.45) is 57.5 Å². The van der Waals surface area contributed by atoms with E-state index < -0.39 is 57.3 Å². The van der Waals surface area contributed by atoms with E-state index in [1.165, 1.54) is 6.92 Å². The van der Waals surface area contributed by atoms with E-state index in [-0.39, 0.29) is 11.7 Å². The lowest BCUT2D eigenvalue weighted by Gasteiger charge is -2.56. The minimum absolute atomic E-state index is 0.0806. The number of para-hydroxylation sites is 1. The first-order valence-corrected chi connectivity index (χ1v) is 31.0. The summed E-state index contributed by atoms with van der Waals surface area (Å²) in [6, 6.07) is 20.3. The number of carbonyl (C=O) groups excluding carboxylic acids is 1. The highest BCUT2D eigenvalue weighted by atomic mass is 79.9. The zero-order valence-corrected chi connectivity index (χ0v) is 49.0. The Hall–Kier alpha value is -3.93. The van der Waals surface area contributed by atoms with Gasteiger partial charge in [0.1, 0.15) is 5.75 Å². The van der Waals surface area contributed by atoms with Gasteiger partial charge in [0.15, 0.2) is 0 Å². The molecule has 5 aliphatic rings. The summed E-state index contributed by atoms with van der Waals surface area (Å²) in [5.74, 6) is -0.539. The third-order valence-corrected chi connectivity index (χ3v) is 20.7. The molecule has 5 aliphatic carbocycles. The van der Waals surface area contributed by atoms with Crippen molar-refractivity contribution in [2.75, 3.05) is 23.3 Å². The smallest absolute Gasteiger partial charge is 0.221 e. The van der Waals surface area contributed by atoms with E-state index in [1.54, 1.807) is 0 Å². The molecular weight excluding hydrogens is 1030 g/mol. The van der Waals surface area contributed by atoms with Crippen LogP contribution in [0.25, 0.3) is 0 Å². The Balaban J connectivity index is 1.46. The number of hydrogen-bond acceptors (Lipinski definition) is 12. The molecule has 6 unspecified atom stereocenters. The minimum Gasteiger partial charge on any atom is -0.507 e. The second kappa shape index (κ2) is 23.5. The summed E-state index contributed by atoms with van der Waals surface area (Å²) in [4.78, 5) is 15.3. The van der Waals surface area contributed by atoms with Crippen LogP contribution in [0.3, 0.4) is 0 Å². The fourth-order valence-electron chi connectivity index (χ4n) is 15.2. The van der Waals surface area contributed by atoms with Gasteiger partial charge in [0, 0.05) is 98.7 Å². The molecule has 0 aromatic heterocycles. The fourth-order valence-corrected chi connectivity index (χ4v) is 15.9. The van der Waals surface area contributed by atoms with Gasteiger partial charge in [-0.15, -0.1) is 0 Å². The summed E-state index contributed by atoms with van der Waals surface area (Å²) in [6.07, 6.45) is 19.4. The first-order chi connectivity index (χ1) is 37.2. The Labute approximate surface area is 474 Å². The van der Waals surface area contributed by atoms with Crippen LogP contribution in [0.4, 0.5) is 11.4 Å². The zero-order valence-electron chi connectivity index (χ0n) is 47.4. The average molecular weight is 1130 g/mol. The highest BCUT2D eigenvalue weighted by molar-refractivity contribution is 9.10.